The fourth-order valence-electron chi connectivity index (χ4n) is 8.43. The van der Waals surface area contributed by atoms with Crippen molar-refractivity contribution in [1.82, 2.24) is 14.1 Å². The molecule has 0 radical (unpaired) electrons. The summed E-state index contributed by atoms with van der Waals surface area (Å²) < 4.78 is 4.69. The number of nitrogens with zero attached hydrogens (tertiary/aromatic N) is 4. The first kappa shape index (κ1) is 29.5. The zero-order chi connectivity index (χ0) is 34.9. The van der Waals surface area contributed by atoms with Crippen LogP contribution in [0.2, 0.25) is 0 Å². The van der Waals surface area contributed by atoms with Crippen LogP contribution in [0.4, 0.5) is 17.1 Å². The molecular weight excluding hydrogens is 645 g/mol. The SMILES string of the molecule is c1ccc(-n2c(-c3cccc(N4c5ccccc5-c5ccccc5-c5ccc6c(c54)c4ccccc4n6-c4ccccc4)c3)nc3ccccc32)cc1. The normalized spacial score (nSPS) is 12.1. The molecule has 0 unspecified atom stereocenters. The summed E-state index contributed by atoms with van der Waals surface area (Å²) in [6.07, 6.45) is 0. The van der Waals surface area contributed by atoms with Crippen LogP contribution in [0.25, 0.3) is 77.9 Å². The quantitative estimate of drug-likeness (QED) is 0.185. The Morgan fingerprint density at radius 3 is 1.77 bits per heavy atom. The van der Waals surface area contributed by atoms with Crippen LogP contribution in [0.15, 0.2) is 194 Å². The van der Waals surface area contributed by atoms with E-state index in [1.54, 1.807) is 0 Å². The van der Waals surface area contributed by atoms with Crippen molar-refractivity contribution in [3.63, 3.8) is 0 Å². The Bertz CT molecular complexity index is 3010. The monoisotopic (exact) mass is 676 g/mol. The van der Waals surface area contributed by atoms with Gasteiger partial charge in [-0.25, -0.2) is 4.98 Å². The maximum atomic E-state index is 5.25. The molecule has 0 atom stereocenters. The average molecular weight is 677 g/mol. The molecule has 0 spiro atoms. The highest BCUT2D eigenvalue weighted by Gasteiger charge is 2.30. The van der Waals surface area contributed by atoms with Crippen LogP contribution < -0.4 is 4.90 Å². The minimum atomic E-state index is 0.907. The van der Waals surface area contributed by atoms with Gasteiger partial charge in [0.25, 0.3) is 0 Å². The molecule has 4 heteroatoms. The molecule has 0 N–H and O–H groups in total. The number of imidazole rings is 1. The van der Waals surface area contributed by atoms with E-state index in [0.29, 0.717) is 0 Å². The molecule has 0 aliphatic carbocycles. The lowest BCUT2D eigenvalue weighted by molar-refractivity contribution is 1.10. The van der Waals surface area contributed by atoms with Gasteiger partial charge in [0.05, 0.1) is 33.4 Å². The molecule has 53 heavy (non-hydrogen) atoms. The van der Waals surface area contributed by atoms with E-state index >= 15 is 0 Å². The summed E-state index contributed by atoms with van der Waals surface area (Å²) >= 11 is 0. The third kappa shape index (κ3) is 4.46. The molecule has 8 aromatic carbocycles. The maximum absolute atomic E-state index is 5.25. The Labute approximate surface area is 307 Å². The summed E-state index contributed by atoms with van der Waals surface area (Å²) in [6, 6.07) is 69.7. The second kappa shape index (κ2) is 11.7. The smallest absolute Gasteiger partial charge is 0.145 e. The van der Waals surface area contributed by atoms with Crippen LogP contribution >= 0.6 is 0 Å². The van der Waals surface area contributed by atoms with Crippen LogP contribution in [0, 0.1) is 0 Å². The highest BCUT2D eigenvalue weighted by Crippen LogP contribution is 2.55. The molecule has 11 rings (SSSR count). The minimum absolute atomic E-state index is 0.907. The molecule has 3 heterocycles. The van der Waals surface area contributed by atoms with Gasteiger partial charge in [-0.3, -0.25) is 4.57 Å². The molecule has 10 aromatic rings. The Kier molecular flexibility index (Phi) is 6.52. The topological polar surface area (TPSA) is 26.0 Å². The Morgan fingerprint density at radius 1 is 0.377 bits per heavy atom. The lowest BCUT2D eigenvalue weighted by Crippen LogP contribution is -2.12. The number of rotatable bonds is 4. The van der Waals surface area contributed by atoms with Crippen molar-refractivity contribution in [2.75, 3.05) is 4.90 Å². The van der Waals surface area contributed by atoms with Crippen molar-refractivity contribution < 1.29 is 0 Å². The second-order valence-electron chi connectivity index (χ2n) is 13.6. The molecule has 0 bridgehead atoms. The van der Waals surface area contributed by atoms with Crippen molar-refractivity contribution in [1.29, 1.82) is 0 Å². The molecule has 0 fully saturated rings. The Hall–Kier alpha value is -7.17. The summed E-state index contributed by atoms with van der Waals surface area (Å²) in [5, 5.41) is 2.43. The predicted molar refractivity (Wildman–Crippen MR) is 220 cm³/mol. The molecule has 2 aromatic heterocycles. The summed E-state index contributed by atoms with van der Waals surface area (Å²) in [6.45, 7) is 0. The van der Waals surface area contributed by atoms with Gasteiger partial charge in [-0.1, -0.05) is 127 Å². The van der Waals surface area contributed by atoms with Gasteiger partial charge in [-0.05, 0) is 77.9 Å². The van der Waals surface area contributed by atoms with Gasteiger partial charge in [0, 0.05) is 44.5 Å². The van der Waals surface area contributed by atoms with Crippen LogP contribution in [0.3, 0.4) is 0 Å². The number of para-hydroxylation sites is 6. The molecule has 0 amide bonds. The van der Waals surface area contributed by atoms with E-state index in [0.717, 1.165) is 45.2 Å². The van der Waals surface area contributed by atoms with E-state index in [9.17, 15) is 0 Å². The van der Waals surface area contributed by atoms with E-state index in [2.05, 4.69) is 208 Å². The molecule has 0 saturated heterocycles. The molecule has 0 saturated carbocycles. The Balaban J connectivity index is 1.25. The summed E-state index contributed by atoms with van der Waals surface area (Å²) in [5.41, 5.74) is 15.9. The number of benzene rings is 8. The first-order valence-electron chi connectivity index (χ1n) is 18.1. The summed E-state index contributed by atoms with van der Waals surface area (Å²) in [5.74, 6) is 0.907. The van der Waals surface area contributed by atoms with Crippen molar-refractivity contribution in [3.8, 4) is 45.0 Å². The zero-order valence-corrected chi connectivity index (χ0v) is 28.8. The predicted octanol–water partition coefficient (Wildman–Crippen LogP) is 12.9. The molecular formula is C49H32N4. The van der Waals surface area contributed by atoms with Gasteiger partial charge < -0.3 is 9.47 Å². The van der Waals surface area contributed by atoms with Gasteiger partial charge in [0.15, 0.2) is 0 Å². The minimum Gasteiger partial charge on any atom is -0.309 e. The fraction of sp³-hybridized carbons (Fsp3) is 0. The summed E-state index contributed by atoms with van der Waals surface area (Å²) in [4.78, 5) is 7.75. The highest BCUT2D eigenvalue weighted by molar-refractivity contribution is 6.21. The number of hydrogen-bond acceptors (Lipinski definition) is 2. The van der Waals surface area contributed by atoms with E-state index in [-0.39, 0.29) is 0 Å². The van der Waals surface area contributed by atoms with Gasteiger partial charge in [0.2, 0.25) is 0 Å². The van der Waals surface area contributed by atoms with Crippen molar-refractivity contribution in [2.24, 2.45) is 0 Å². The average Bonchev–Trinajstić information content (AvgIpc) is 3.75. The molecule has 1 aliphatic rings. The first-order chi connectivity index (χ1) is 26.3. The largest absolute Gasteiger partial charge is 0.309 e. The van der Waals surface area contributed by atoms with E-state index in [1.165, 1.54) is 49.7 Å². The zero-order valence-electron chi connectivity index (χ0n) is 28.8. The standard InChI is InChI=1S/C49H32N4/c1-3-17-34(18-4-1)51-44-28-13-10-25-41(44)47-46(51)31-30-40-38-23-8-7-22-37(38)39-24-9-12-27-43(39)52(48(40)47)36-21-15-16-33(32-36)49-50-42-26-11-14-29-45(42)53(49)35-19-5-2-6-20-35/h1-32H. The molecule has 4 nitrogen and oxygen atoms in total. The van der Waals surface area contributed by atoms with E-state index in [1.807, 2.05) is 0 Å². The van der Waals surface area contributed by atoms with Crippen LogP contribution in [0.5, 0.6) is 0 Å². The van der Waals surface area contributed by atoms with Crippen LogP contribution in [0.1, 0.15) is 0 Å². The van der Waals surface area contributed by atoms with Crippen molar-refractivity contribution in [2.45, 2.75) is 0 Å². The van der Waals surface area contributed by atoms with E-state index in [4.69, 9.17) is 4.98 Å². The lowest BCUT2D eigenvalue weighted by atomic mass is 9.93. The summed E-state index contributed by atoms with van der Waals surface area (Å²) in [7, 11) is 0. The second-order valence-corrected chi connectivity index (χ2v) is 13.6. The highest BCUT2D eigenvalue weighted by atomic mass is 15.2. The fourth-order valence-corrected chi connectivity index (χ4v) is 8.43. The van der Waals surface area contributed by atoms with Crippen molar-refractivity contribution >= 4 is 49.9 Å². The number of hydrogen-bond donors (Lipinski definition) is 0. The molecule has 1 aliphatic heterocycles. The van der Waals surface area contributed by atoms with Crippen LogP contribution in [-0.4, -0.2) is 14.1 Å². The van der Waals surface area contributed by atoms with Gasteiger partial charge in [-0.15, -0.1) is 0 Å². The van der Waals surface area contributed by atoms with E-state index < -0.39 is 0 Å². The third-order valence-electron chi connectivity index (χ3n) is 10.6. The Morgan fingerprint density at radius 2 is 0.981 bits per heavy atom. The van der Waals surface area contributed by atoms with Crippen LogP contribution in [-0.2, 0) is 0 Å². The molecule has 248 valence electrons. The van der Waals surface area contributed by atoms with Crippen molar-refractivity contribution in [3.05, 3.63) is 194 Å². The number of fused-ring (bicyclic) bond motifs is 10. The van der Waals surface area contributed by atoms with Gasteiger partial charge in [0.1, 0.15) is 5.82 Å². The number of aromatic nitrogens is 3. The number of anilines is 3. The third-order valence-corrected chi connectivity index (χ3v) is 10.6. The van der Waals surface area contributed by atoms with Gasteiger partial charge >= 0.3 is 0 Å². The lowest BCUT2D eigenvalue weighted by Gasteiger charge is -2.28. The first-order valence-corrected chi connectivity index (χ1v) is 18.1. The van der Waals surface area contributed by atoms with Gasteiger partial charge in [-0.2, -0.15) is 0 Å². The maximum Gasteiger partial charge on any atom is 0.145 e.